The molecule has 1 heterocycles. The van der Waals surface area contributed by atoms with E-state index < -0.39 is 0 Å². The minimum atomic E-state index is 0.0470. The van der Waals surface area contributed by atoms with Crippen LogP contribution in [-0.2, 0) is 11.2 Å². The van der Waals surface area contributed by atoms with Crippen molar-refractivity contribution in [2.45, 2.75) is 25.3 Å². The van der Waals surface area contributed by atoms with Gasteiger partial charge < -0.3 is 4.74 Å². The lowest BCUT2D eigenvalue weighted by atomic mass is 10.0. The first-order chi connectivity index (χ1) is 14.6. The molecule has 1 atom stereocenters. The Labute approximate surface area is 186 Å². The van der Waals surface area contributed by atoms with Gasteiger partial charge in [-0.3, -0.25) is 10.3 Å². The van der Waals surface area contributed by atoms with Crippen molar-refractivity contribution in [3.63, 3.8) is 0 Å². The number of guanidine groups is 1. The third-order valence-electron chi connectivity index (χ3n) is 4.80. The van der Waals surface area contributed by atoms with Gasteiger partial charge in [-0.15, -0.1) is 0 Å². The molecule has 6 nitrogen and oxygen atoms in total. The van der Waals surface area contributed by atoms with Crippen LogP contribution >= 0.6 is 23.2 Å². The van der Waals surface area contributed by atoms with Gasteiger partial charge in [0.2, 0.25) is 5.96 Å². The number of hydrogen-bond acceptors (Lipinski definition) is 4. The van der Waals surface area contributed by atoms with Crippen LogP contribution in [0.4, 0.5) is 0 Å². The van der Waals surface area contributed by atoms with E-state index >= 15 is 0 Å². The molecule has 1 N–H and O–H groups in total. The Bertz CT molecular complexity index is 935. The topological polar surface area (TPSA) is 73.0 Å². The van der Waals surface area contributed by atoms with Gasteiger partial charge in [-0.05, 0) is 48.2 Å². The van der Waals surface area contributed by atoms with Gasteiger partial charge in [-0.25, -0.2) is 5.01 Å². The van der Waals surface area contributed by atoms with Crippen LogP contribution in [0.25, 0.3) is 0 Å². The van der Waals surface area contributed by atoms with Crippen molar-refractivity contribution in [2.24, 2.45) is 10.1 Å². The predicted octanol–water partition coefficient (Wildman–Crippen LogP) is 4.48. The van der Waals surface area contributed by atoms with Crippen molar-refractivity contribution < 1.29 is 4.74 Å². The number of nitrogens with one attached hydrogen (secondary N) is 1. The van der Waals surface area contributed by atoms with E-state index in [1.54, 1.807) is 12.1 Å². The fourth-order valence-corrected chi connectivity index (χ4v) is 3.49. The Morgan fingerprint density at radius 3 is 2.50 bits per heavy atom. The average Bonchev–Trinajstić information content (AvgIpc) is 3.17. The van der Waals surface area contributed by atoms with Gasteiger partial charge in [-0.2, -0.15) is 10.4 Å². The van der Waals surface area contributed by atoms with E-state index in [4.69, 9.17) is 33.0 Å². The van der Waals surface area contributed by atoms with E-state index in [1.807, 2.05) is 54.7 Å². The molecule has 156 valence electrons. The number of rotatable bonds is 7. The van der Waals surface area contributed by atoms with Crippen molar-refractivity contribution in [1.82, 2.24) is 10.3 Å². The lowest BCUT2D eigenvalue weighted by Gasteiger charge is -2.23. The molecule has 0 saturated carbocycles. The Morgan fingerprint density at radius 2 is 1.87 bits per heavy atom. The van der Waals surface area contributed by atoms with Crippen LogP contribution in [0, 0.1) is 11.5 Å². The van der Waals surface area contributed by atoms with Gasteiger partial charge in [0.25, 0.3) is 0 Å². The Kier molecular flexibility index (Phi) is 8.09. The normalized spacial score (nSPS) is 16.3. The zero-order valence-corrected chi connectivity index (χ0v) is 18.2. The van der Waals surface area contributed by atoms with Crippen LogP contribution in [0.15, 0.2) is 58.6 Å². The van der Waals surface area contributed by atoms with E-state index in [-0.39, 0.29) is 6.04 Å². The lowest BCUT2D eigenvalue weighted by molar-refractivity contribution is 0.169. The van der Waals surface area contributed by atoms with Gasteiger partial charge in [0.15, 0.2) is 6.19 Å². The first-order valence-electron chi connectivity index (χ1n) is 9.66. The zero-order valence-electron chi connectivity index (χ0n) is 16.7. The molecule has 0 radical (unpaired) electrons. The average molecular weight is 444 g/mol. The summed E-state index contributed by atoms with van der Waals surface area (Å²) in [7, 11) is 1.68. The first-order valence-corrected chi connectivity index (χ1v) is 10.4. The quantitative estimate of drug-likeness (QED) is 0.296. The summed E-state index contributed by atoms with van der Waals surface area (Å²) in [5.74, 6) is 0.441. The van der Waals surface area contributed by atoms with Crippen molar-refractivity contribution in [2.75, 3.05) is 20.3 Å². The number of benzene rings is 2. The van der Waals surface area contributed by atoms with Gasteiger partial charge >= 0.3 is 0 Å². The first kappa shape index (κ1) is 22.1. The second-order valence-electron chi connectivity index (χ2n) is 6.86. The minimum absolute atomic E-state index is 0.0470. The molecule has 0 aliphatic carbocycles. The standard InChI is InChI=1S/C22H23Cl2N5O/c1-30-13-11-20-14-21(17-4-8-19(24)9-5-17)28-29(20)22(27-15-25)26-12-10-16-2-6-18(23)7-3-16/h2-9,20H,10-14H2,1H3,(H,26,27). The maximum absolute atomic E-state index is 9.25. The number of methoxy groups -OCH3 is 1. The summed E-state index contributed by atoms with van der Waals surface area (Å²) in [6, 6.07) is 15.3. The molecule has 0 fully saturated rings. The molecular formula is C22H23Cl2N5O. The van der Waals surface area contributed by atoms with Gasteiger partial charge in [0, 0.05) is 36.7 Å². The molecule has 0 amide bonds. The molecule has 2 aromatic carbocycles. The van der Waals surface area contributed by atoms with E-state index in [0.717, 1.165) is 36.1 Å². The largest absolute Gasteiger partial charge is 0.385 e. The van der Waals surface area contributed by atoms with Crippen LogP contribution in [0.5, 0.6) is 0 Å². The second-order valence-corrected chi connectivity index (χ2v) is 7.73. The summed E-state index contributed by atoms with van der Waals surface area (Å²) >= 11 is 12.0. The molecule has 0 aromatic heterocycles. The smallest absolute Gasteiger partial charge is 0.228 e. The molecule has 1 unspecified atom stereocenters. The predicted molar refractivity (Wildman–Crippen MR) is 121 cm³/mol. The summed E-state index contributed by atoms with van der Waals surface area (Å²) in [4.78, 5) is 4.62. The molecule has 0 spiro atoms. The number of ether oxygens (including phenoxy) is 1. The van der Waals surface area contributed by atoms with E-state index in [0.29, 0.717) is 29.2 Å². The van der Waals surface area contributed by atoms with Gasteiger partial charge in [0.05, 0.1) is 11.8 Å². The summed E-state index contributed by atoms with van der Waals surface area (Å²) in [5.41, 5.74) is 3.06. The Balaban J connectivity index is 1.79. The number of halogens is 2. The second kappa shape index (κ2) is 11.0. The van der Waals surface area contributed by atoms with Gasteiger partial charge in [-0.1, -0.05) is 47.5 Å². The number of hydrogen-bond donors (Lipinski definition) is 1. The molecular weight excluding hydrogens is 421 g/mol. The van der Waals surface area contributed by atoms with Crippen molar-refractivity contribution in [3.8, 4) is 6.19 Å². The van der Waals surface area contributed by atoms with Gasteiger partial charge in [0.1, 0.15) is 0 Å². The van der Waals surface area contributed by atoms with Crippen LogP contribution in [-0.4, -0.2) is 43.0 Å². The van der Waals surface area contributed by atoms with E-state index in [9.17, 15) is 5.26 Å². The van der Waals surface area contributed by atoms with Crippen LogP contribution < -0.4 is 5.32 Å². The fraction of sp³-hybridized carbons (Fsp3) is 0.318. The number of nitrogens with zero attached hydrogens (tertiary/aromatic N) is 4. The minimum Gasteiger partial charge on any atom is -0.385 e. The Morgan fingerprint density at radius 1 is 1.20 bits per heavy atom. The summed E-state index contributed by atoms with van der Waals surface area (Å²) in [6.45, 7) is 1.11. The van der Waals surface area contributed by atoms with Crippen molar-refractivity contribution >= 4 is 34.9 Å². The Hall–Kier alpha value is -2.59. The maximum atomic E-state index is 9.25. The highest BCUT2D eigenvalue weighted by Gasteiger charge is 2.30. The molecule has 30 heavy (non-hydrogen) atoms. The molecule has 0 bridgehead atoms. The number of hydrazone groups is 1. The van der Waals surface area contributed by atoms with Crippen LogP contribution in [0.2, 0.25) is 10.0 Å². The SMILES string of the molecule is COCCC1CC(c2ccc(Cl)cc2)=NN1C(=NCCc1ccc(Cl)cc1)NC#N. The van der Waals surface area contributed by atoms with Crippen molar-refractivity contribution in [3.05, 3.63) is 69.7 Å². The third-order valence-corrected chi connectivity index (χ3v) is 5.30. The highest BCUT2D eigenvalue weighted by molar-refractivity contribution is 6.30. The highest BCUT2D eigenvalue weighted by Crippen LogP contribution is 2.24. The zero-order chi connectivity index (χ0) is 21.3. The molecule has 2 aromatic rings. The number of nitriles is 1. The fourth-order valence-electron chi connectivity index (χ4n) is 3.24. The molecule has 8 heteroatoms. The molecule has 0 saturated heterocycles. The molecule has 1 aliphatic rings. The summed E-state index contributed by atoms with van der Waals surface area (Å²) < 4.78 is 5.27. The molecule has 1 aliphatic heterocycles. The van der Waals surface area contributed by atoms with Crippen molar-refractivity contribution in [1.29, 1.82) is 5.26 Å². The maximum Gasteiger partial charge on any atom is 0.228 e. The monoisotopic (exact) mass is 443 g/mol. The molecule has 3 rings (SSSR count). The van der Waals surface area contributed by atoms with Crippen LogP contribution in [0.1, 0.15) is 24.0 Å². The number of aliphatic imine (C=N–C) groups is 1. The van der Waals surface area contributed by atoms with Crippen LogP contribution in [0.3, 0.4) is 0 Å². The lowest BCUT2D eigenvalue weighted by Crippen LogP contribution is -2.40. The van der Waals surface area contributed by atoms with E-state index in [1.165, 1.54) is 0 Å². The van der Waals surface area contributed by atoms with E-state index in [2.05, 4.69) is 10.3 Å². The summed E-state index contributed by atoms with van der Waals surface area (Å²) in [5, 5.41) is 19.9. The highest BCUT2D eigenvalue weighted by atomic mass is 35.5. The third kappa shape index (κ3) is 5.96. The summed E-state index contributed by atoms with van der Waals surface area (Å²) in [6.07, 6.45) is 4.21.